The highest BCUT2D eigenvalue weighted by Gasteiger charge is 2.30. The summed E-state index contributed by atoms with van der Waals surface area (Å²) in [4.78, 5) is 25.4. The lowest BCUT2D eigenvalue weighted by molar-refractivity contribution is -0.137. The standard InChI is InChI=1S/C22H17F3N4O3/c23-22(24,25)15-6-8-16(9-7-15)26-18(31)12-28-10-11-29-20(21(28)32)17(13-30)19(27-29)14-4-2-1-3-5-14/h1-11,30H,12-13H2,(H,26,31). The van der Waals surface area contributed by atoms with E-state index in [2.05, 4.69) is 10.4 Å². The van der Waals surface area contributed by atoms with E-state index in [1.165, 1.54) is 16.9 Å². The largest absolute Gasteiger partial charge is 0.416 e. The molecule has 0 unspecified atom stereocenters. The molecule has 10 heteroatoms. The smallest absolute Gasteiger partial charge is 0.392 e. The first-order valence-corrected chi connectivity index (χ1v) is 9.52. The van der Waals surface area contributed by atoms with Crippen molar-refractivity contribution in [2.75, 3.05) is 5.32 Å². The third kappa shape index (κ3) is 4.12. The number of hydrogen-bond donors (Lipinski definition) is 2. The van der Waals surface area contributed by atoms with Crippen LogP contribution in [0.1, 0.15) is 11.1 Å². The quantitative estimate of drug-likeness (QED) is 0.496. The molecular weight excluding hydrogens is 425 g/mol. The third-order valence-corrected chi connectivity index (χ3v) is 4.88. The number of fused-ring (bicyclic) bond motifs is 1. The second kappa shape index (κ2) is 8.31. The number of halogens is 3. The number of hydrogen-bond acceptors (Lipinski definition) is 4. The van der Waals surface area contributed by atoms with Crippen molar-refractivity contribution in [3.63, 3.8) is 0 Å². The number of carbonyl (C=O) groups excluding carboxylic acids is 1. The van der Waals surface area contributed by atoms with Gasteiger partial charge in [-0.2, -0.15) is 18.3 Å². The van der Waals surface area contributed by atoms with Crippen LogP contribution < -0.4 is 10.9 Å². The maximum Gasteiger partial charge on any atom is 0.416 e. The molecule has 2 aromatic heterocycles. The van der Waals surface area contributed by atoms with Crippen LogP contribution in [0, 0.1) is 0 Å². The maximum absolute atomic E-state index is 13.0. The van der Waals surface area contributed by atoms with E-state index in [1.54, 1.807) is 12.1 Å². The number of aliphatic hydroxyl groups excluding tert-OH is 1. The molecule has 0 aliphatic heterocycles. The van der Waals surface area contributed by atoms with E-state index in [-0.39, 0.29) is 17.7 Å². The van der Waals surface area contributed by atoms with Crippen molar-refractivity contribution in [2.24, 2.45) is 0 Å². The van der Waals surface area contributed by atoms with Gasteiger partial charge in [0.1, 0.15) is 12.1 Å². The normalized spacial score (nSPS) is 11.6. The van der Waals surface area contributed by atoms with Crippen LogP contribution >= 0.6 is 0 Å². The van der Waals surface area contributed by atoms with Gasteiger partial charge in [0.2, 0.25) is 5.91 Å². The molecule has 1 amide bonds. The van der Waals surface area contributed by atoms with E-state index >= 15 is 0 Å². The fraction of sp³-hybridized carbons (Fsp3) is 0.136. The molecule has 2 aromatic carbocycles. The van der Waals surface area contributed by atoms with Gasteiger partial charge in [-0.25, -0.2) is 4.52 Å². The summed E-state index contributed by atoms with van der Waals surface area (Å²) in [7, 11) is 0. The van der Waals surface area contributed by atoms with Gasteiger partial charge in [-0.1, -0.05) is 30.3 Å². The predicted octanol–water partition coefficient (Wildman–Crippen LogP) is 3.31. The van der Waals surface area contributed by atoms with Crippen LogP contribution in [0.3, 0.4) is 0 Å². The third-order valence-electron chi connectivity index (χ3n) is 4.88. The van der Waals surface area contributed by atoms with Crippen LogP contribution in [-0.2, 0) is 24.1 Å². The van der Waals surface area contributed by atoms with E-state index < -0.39 is 29.8 Å². The van der Waals surface area contributed by atoms with Crippen LogP contribution in [0.2, 0.25) is 0 Å². The van der Waals surface area contributed by atoms with E-state index in [1.807, 2.05) is 18.2 Å². The Labute approximate surface area is 179 Å². The van der Waals surface area contributed by atoms with E-state index in [9.17, 15) is 27.9 Å². The van der Waals surface area contributed by atoms with Gasteiger partial charge in [0, 0.05) is 29.2 Å². The van der Waals surface area contributed by atoms with Gasteiger partial charge in [-0.3, -0.25) is 9.59 Å². The number of benzene rings is 2. The number of nitrogens with zero attached hydrogens (tertiary/aromatic N) is 3. The number of amides is 1. The summed E-state index contributed by atoms with van der Waals surface area (Å²) in [6.07, 6.45) is -1.60. The minimum absolute atomic E-state index is 0.135. The number of carbonyl (C=O) groups is 1. The Balaban J connectivity index is 1.60. The Hall–Kier alpha value is -3.92. The Morgan fingerprint density at radius 2 is 1.72 bits per heavy atom. The number of anilines is 1. The lowest BCUT2D eigenvalue weighted by atomic mass is 10.1. The number of rotatable bonds is 5. The van der Waals surface area contributed by atoms with Crippen LogP contribution in [-0.4, -0.2) is 25.2 Å². The SMILES string of the molecule is O=C(Cn1ccn2nc(-c3ccccc3)c(CO)c2c1=O)Nc1ccc(C(F)(F)F)cc1. The van der Waals surface area contributed by atoms with Crippen LogP contribution in [0.5, 0.6) is 0 Å². The summed E-state index contributed by atoms with van der Waals surface area (Å²) in [6, 6.07) is 13.1. The number of alkyl halides is 3. The van der Waals surface area contributed by atoms with Crippen molar-refractivity contribution >= 4 is 17.1 Å². The fourth-order valence-electron chi connectivity index (χ4n) is 3.35. The molecule has 0 saturated carbocycles. The Kier molecular flexibility index (Phi) is 5.54. The van der Waals surface area contributed by atoms with Crippen molar-refractivity contribution < 1.29 is 23.1 Å². The first kappa shape index (κ1) is 21.3. The zero-order valence-corrected chi connectivity index (χ0v) is 16.5. The second-order valence-corrected chi connectivity index (χ2v) is 7.00. The average Bonchev–Trinajstić information content (AvgIpc) is 3.15. The summed E-state index contributed by atoms with van der Waals surface area (Å²) in [5.74, 6) is -0.593. The summed E-state index contributed by atoms with van der Waals surface area (Å²) in [5, 5.41) is 16.7. The zero-order chi connectivity index (χ0) is 22.9. The predicted molar refractivity (Wildman–Crippen MR) is 111 cm³/mol. The van der Waals surface area contributed by atoms with Crippen molar-refractivity contribution in [1.29, 1.82) is 0 Å². The molecule has 0 spiro atoms. The van der Waals surface area contributed by atoms with Crippen LogP contribution in [0.25, 0.3) is 16.8 Å². The molecule has 0 atom stereocenters. The summed E-state index contributed by atoms with van der Waals surface area (Å²) in [5.41, 5.74) is 0.458. The molecule has 2 N–H and O–H groups in total. The Morgan fingerprint density at radius 3 is 2.34 bits per heavy atom. The molecule has 164 valence electrons. The highest BCUT2D eigenvalue weighted by atomic mass is 19.4. The molecule has 0 aliphatic rings. The minimum Gasteiger partial charge on any atom is -0.392 e. The molecule has 0 aliphatic carbocycles. The highest BCUT2D eigenvalue weighted by molar-refractivity contribution is 5.90. The minimum atomic E-state index is -4.47. The molecule has 2 heterocycles. The molecular formula is C22H17F3N4O3. The Morgan fingerprint density at radius 1 is 1.03 bits per heavy atom. The van der Waals surface area contributed by atoms with Gasteiger partial charge in [-0.15, -0.1) is 0 Å². The van der Waals surface area contributed by atoms with Crippen molar-refractivity contribution in [1.82, 2.24) is 14.2 Å². The number of nitrogens with one attached hydrogen (secondary N) is 1. The summed E-state index contributed by atoms with van der Waals surface area (Å²) >= 11 is 0. The van der Waals surface area contributed by atoms with E-state index in [4.69, 9.17) is 0 Å². The molecule has 7 nitrogen and oxygen atoms in total. The lowest BCUT2D eigenvalue weighted by Gasteiger charge is -2.10. The molecule has 0 bridgehead atoms. The monoisotopic (exact) mass is 442 g/mol. The highest BCUT2D eigenvalue weighted by Crippen LogP contribution is 2.30. The summed E-state index contributed by atoms with van der Waals surface area (Å²) in [6.45, 7) is -0.794. The molecule has 0 fully saturated rings. The van der Waals surface area contributed by atoms with Crippen molar-refractivity contribution in [2.45, 2.75) is 19.3 Å². The lowest BCUT2D eigenvalue weighted by Crippen LogP contribution is -2.28. The number of aromatic nitrogens is 3. The van der Waals surface area contributed by atoms with Gasteiger partial charge >= 0.3 is 6.18 Å². The molecule has 32 heavy (non-hydrogen) atoms. The topological polar surface area (TPSA) is 88.6 Å². The van der Waals surface area contributed by atoms with Gasteiger partial charge in [0.05, 0.1) is 17.9 Å². The second-order valence-electron chi connectivity index (χ2n) is 7.00. The molecule has 4 rings (SSSR count). The number of aliphatic hydroxyl groups is 1. The molecule has 4 aromatic rings. The van der Waals surface area contributed by atoms with E-state index in [0.717, 1.165) is 34.4 Å². The first-order chi connectivity index (χ1) is 15.3. The first-order valence-electron chi connectivity index (χ1n) is 9.52. The molecule has 0 radical (unpaired) electrons. The van der Waals surface area contributed by atoms with Gasteiger partial charge < -0.3 is 15.0 Å². The average molecular weight is 442 g/mol. The van der Waals surface area contributed by atoms with Gasteiger partial charge in [0.25, 0.3) is 5.56 Å². The van der Waals surface area contributed by atoms with Crippen molar-refractivity contribution in [3.8, 4) is 11.3 Å². The summed E-state index contributed by atoms with van der Waals surface area (Å²) < 4.78 is 40.5. The van der Waals surface area contributed by atoms with Crippen LogP contribution in [0.4, 0.5) is 18.9 Å². The fourth-order valence-corrected chi connectivity index (χ4v) is 3.35. The van der Waals surface area contributed by atoms with Crippen LogP contribution in [0.15, 0.2) is 71.8 Å². The Bertz CT molecular complexity index is 1330. The maximum atomic E-state index is 13.0. The van der Waals surface area contributed by atoms with E-state index in [0.29, 0.717) is 11.3 Å². The zero-order valence-electron chi connectivity index (χ0n) is 16.5. The van der Waals surface area contributed by atoms with Crippen molar-refractivity contribution in [3.05, 3.63) is 88.5 Å². The van der Waals surface area contributed by atoms with Gasteiger partial charge in [0.15, 0.2) is 0 Å². The molecule has 0 saturated heterocycles. The van der Waals surface area contributed by atoms with Gasteiger partial charge in [-0.05, 0) is 24.3 Å².